The second-order valence-corrected chi connectivity index (χ2v) is 2.69. The molecule has 12 heavy (non-hydrogen) atoms. The molecule has 1 atom stereocenters. The molecular weight excluding hydrogens is 154 g/mol. The lowest BCUT2D eigenvalue weighted by molar-refractivity contribution is -0.162. The molecule has 0 aromatic carbocycles. The summed E-state index contributed by atoms with van der Waals surface area (Å²) in [6.45, 7) is 0.622. The molecule has 1 rings (SSSR count). The van der Waals surface area contributed by atoms with E-state index in [1.54, 1.807) is 6.07 Å². The highest BCUT2D eigenvalue weighted by molar-refractivity contribution is 4.67. The fraction of sp³-hybridized carbons (Fsp3) is 0.889. The van der Waals surface area contributed by atoms with Gasteiger partial charge in [0.2, 0.25) is 0 Å². The molecule has 1 aliphatic rings. The van der Waals surface area contributed by atoms with Crippen molar-refractivity contribution in [1.29, 1.82) is 5.26 Å². The molecule has 3 nitrogen and oxygen atoms in total. The van der Waals surface area contributed by atoms with Crippen molar-refractivity contribution in [3.8, 4) is 6.07 Å². The maximum atomic E-state index is 8.36. The Kier molecular flexibility index (Phi) is 3.43. The van der Waals surface area contributed by atoms with Crippen LogP contribution in [0.3, 0.4) is 0 Å². The molecule has 0 aromatic rings. The van der Waals surface area contributed by atoms with E-state index in [1.165, 1.54) is 0 Å². The lowest BCUT2D eigenvalue weighted by Crippen LogP contribution is -2.22. The first-order valence-electron chi connectivity index (χ1n) is 5.24. The van der Waals surface area contributed by atoms with Gasteiger partial charge in [-0.2, -0.15) is 5.26 Å². The van der Waals surface area contributed by atoms with Gasteiger partial charge in [-0.05, 0) is 25.6 Å². The molecule has 0 radical (unpaired) electrons. The maximum absolute atomic E-state index is 8.36. The number of nitriles is 1. The minimum atomic E-state index is -1.56. The number of hydrogen-bond donors (Lipinski definition) is 0. The first kappa shape index (κ1) is 6.88. The zero-order valence-corrected chi connectivity index (χ0v) is 7.08. The normalized spacial score (nSPS) is 27.1. The SMILES string of the molecule is [2H]C([2H])(CC#N)COC1CCCCO1. The Morgan fingerprint density at radius 3 is 3.25 bits per heavy atom. The van der Waals surface area contributed by atoms with Crippen LogP contribution in [0.1, 0.15) is 34.8 Å². The maximum Gasteiger partial charge on any atom is 0.157 e. The van der Waals surface area contributed by atoms with Crippen LogP contribution in [0.2, 0.25) is 0 Å². The third kappa shape index (κ3) is 3.70. The van der Waals surface area contributed by atoms with Gasteiger partial charge < -0.3 is 9.47 Å². The smallest absolute Gasteiger partial charge is 0.157 e. The molecule has 0 bridgehead atoms. The van der Waals surface area contributed by atoms with E-state index in [1.807, 2.05) is 0 Å². The van der Waals surface area contributed by atoms with E-state index < -0.39 is 6.37 Å². The van der Waals surface area contributed by atoms with E-state index >= 15 is 0 Å². The van der Waals surface area contributed by atoms with Crippen molar-refractivity contribution in [1.82, 2.24) is 0 Å². The van der Waals surface area contributed by atoms with E-state index in [2.05, 4.69) is 0 Å². The van der Waals surface area contributed by atoms with Gasteiger partial charge in [-0.25, -0.2) is 0 Å². The molecule has 1 fully saturated rings. The number of nitrogens with zero attached hydrogens (tertiary/aromatic N) is 1. The quantitative estimate of drug-likeness (QED) is 0.648. The van der Waals surface area contributed by atoms with Crippen LogP contribution in [-0.2, 0) is 9.47 Å². The molecule has 0 spiro atoms. The Labute approximate surface area is 76.1 Å². The summed E-state index contributed by atoms with van der Waals surface area (Å²) in [7, 11) is 0. The van der Waals surface area contributed by atoms with Crippen LogP contribution < -0.4 is 0 Å². The summed E-state index contributed by atoms with van der Waals surface area (Å²) < 4.78 is 25.3. The standard InChI is InChI=1S/C9H15NO2/c10-6-2-4-8-12-9-5-1-3-7-11-9/h9H,1-5,7-8H2/i4D2. The van der Waals surface area contributed by atoms with E-state index in [-0.39, 0.29) is 19.3 Å². The Morgan fingerprint density at radius 1 is 1.67 bits per heavy atom. The summed E-state index contributed by atoms with van der Waals surface area (Å²) in [5.74, 6) is 0. The number of hydrogen-bond acceptors (Lipinski definition) is 3. The summed E-state index contributed by atoms with van der Waals surface area (Å²) >= 11 is 0. The predicted octanol–water partition coefficient (Wildman–Crippen LogP) is 1.83. The molecule has 0 amide bonds. The van der Waals surface area contributed by atoms with Gasteiger partial charge in [-0.1, -0.05) is 0 Å². The molecule has 0 saturated carbocycles. The average Bonchev–Trinajstić information content (AvgIpc) is 2.17. The van der Waals surface area contributed by atoms with Gasteiger partial charge in [0.1, 0.15) is 0 Å². The van der Waals surface area contributed by atoms with Gasteiger partial charge in [-0.15, -0.1) is 0 Å². The van der Waals surface area contributed by atoms with Crippen LogP contribution in [-0.4, -0.2) is 19.5 Å². The fourth-order valence-corrected chi connectivity index (χ4v) is 1.10. The lowest BCUT2D eigenvalue weighted by Gasteiger charge is -2.22. The first-order valence-corrected chi connectivity index (χ1v) is 4.24. The average molecular weight is 171 g/mol. The van der Waals surface area contributed by atoms with Crippen molar-refractivity contribution in [3.05, 3.63) is 0 Å². The molecule has 0 N–H and O–H groups in total. The largest absolute Gasteiger partial charge is 0.353 e. The molecule has 1 aliphatic heterocycles. The summed E-state index contributed by atoms with van der Waals surface area (Å²) in [5.41, 5.74) is 0. The van der Waals surface area contributed by atoms with Crippen LogP contribution in [0, 0.1) is 11.3 Å². The van der Waals surface area contributed by atoms with Crippen molar-refractivity contribution in [2.45, 2.75) is 38.3 Å². The topological polar surface area (TPSA) is 42.2 Å². The van der Waals surface area contributed by atoms with Crippen LogP contribution in [0.15, 0.2) is 0 Å². The van der Waals surface area contributed by atoms with Crippen molar-refractivity contribution < 1.29 is 12.2 Å². The molecule has 68 valence electrons. The van der Waals surface area contributed by atoms with Crippen LogP contribution >= 0.6 is 0 Å². The monoisotopic (exact) mass is 171 g/mol. The van der Waals surface area contributed by atoms with Crippen LogP contribution in [0.4, 0.5) is 0 Å². The van der Waals surface area contributed by atoms with Crippen molar-refractivity contribution in [2.24, 2.45) is 0 Å². The van der Waals surface area contributed by atoms with Crippen molar-refractivity contribution in [3.63, 3.8) is 0 Å². The van der Waals surface area contributed by atoms with Gasteiger partial charge in [0.25, 0.3) is 0 Å². The minimum absolute atomic E-state index is 0.0643. The van der Waals surface area contributed by atoms with Crippen molar-refractivity contribution >= 4 is 0 Å². The van der Waals surface area contributed by atoms with Gasteiger partial charge in [0.15, 0.2) is 6.29 Å². The van der Waals surface area contributed by atoms with Crippen molar-refractivity contribution in [2.75, 3.05) is 13.2 Å². The third-order valence-electron chi connectivity index (χ3n) is 1.71. The third-order valence-corrected chi connectivity index (χ3v) is 1.71. The second kappa shape index (κ2) is 5.99. The number of ether oxygens (including phenoxy) is 2. The van der Waals surface area contributed by atoms with Gasteiger partial charge >= 0.3 is 0 Å². The van der Waals surface area contributed by atoms with E-state index in [0.29, 0.717) is 6.61 Å². The minimum Gasteiger partial charge on any atom is -0.353 e. The van der Waals surface area contributed by atoms with E-state index in [0.717, 1.165) is 19.3 Å². The molecule has 0 aliphatic carbocycles. The Balaban J connectivity index is 2.21. The Morgan fingerprint density at radius 2 is 2.58 bits per heavy atom. The fourth-order valence-electron chi connectivity index (χ4n) is 1.10. The molecule has 3 heteroatoms. The highest BCUT2D eigenvalue weighted by atomic mass is 16.7. The van der Waals surface area contributed by atoms with Gasteiger partial charge in [0, 0.05) is 15.8 Å². The van der Waals surface area contributed by atoms with E-state index in [9.17, 15) is 0 Å². The second-order valence-electron chi connectivity index (χ2n) is 2.69. The van der Waals surface area contributed by atoms with Gasteiger partial charge in [-0.3, -0.25) is 0 Å². The molecule has 0 aromatic heterocycles. The zero-order valence-electron chi connectivity index (χ0n) is 9.08. The van der Waals surface area contributed by atoms with Crippen LogP contribution in [0.5, 0.6) is 0 Å². The lowest BCUT2D eigenvalue weighted by atomic mass is 10.2. The predicted molar refractivity (Wildman–Crippen MR) is 44.4 cm³/mol. The van der Waals surface area contributed by atoms with Gasteiger partial charge in [0.05, 0.1) is 12.7 Å². The number of rotatable bonds is 4. The van der Waals surface area contributed by atoms with Crippen LogP contribution in [0.25, 0.3) is 0 Å². The Bertz CT molecular complexity index is 209. The molecular formula is C9H15NO2. The summed E-state index contributed by atoms with van der Waals surface area (Å²) in [6, 6.07) is 1.80. The summed E-state index contributed by atoms with van der Waals surface area (Å²) in [6.07, 6.45) is 0.951. The summed E-state index contributed by atoms with van der Waals surface area (Å²) in [4.78, 5) is 0. The summed E-state index contributed by atoms with van der Waals surface area (Å²) in [5, 5.41) is 8.36. The Hall–Kier alpha value is -0.590. The van der Waals surface area contributed by atoms with E-state index in [4.69, 9.17) is 17.5 Å². The highest BCUT2D eigenvalue weighted by Gasteiger charge is 2.12. The highest BCUT2D eigenvalue weighted by Crippen LogP contribution is 2.13. The first-order chi connectivity index (χ1) is 6.64. The molecule has 1 saturated heterocycles. The molecule has 1 heterocycles. The zero-order chi connectivity index (χ0) is 10.4. The molecule has 1 unspecified atom stereocenters.